The van der Waals surface area contributed by atoms with Gasteiger partial charge < -0.3 is 11.1 Å². The average molecular weight is 193 g/mol. The lowest BCUT2D eigenvalue weighted by atomic mass is 9.86. The van der Waals surface area contributed by atoms with Crippen LogP contribution < -0.4 is 11.1 Å². The van der Waals surface area contributed by atoms with Crippen LogP contribution in [0.5, 0.6) is 0 Å². The van der Waals surface area contributed by atoms with Gasteiger partial charge in [-0.05, 0) is 19.3 Å². The first-order valence-corrected chi connectivity index (χ1v) is 4.21. The molecular weight excluding hydrogens is 176 g/mol. The highest BCUT2D eigenvalue weighted by atomic mass is 35.5. The van der Waals surface area contributed by atoms with Gasteiger partial charge in [-0.25, -0.2) is 0 Å². The van der Waals surface area contributed by atoms with E-state index in [0.29, 0.717) is 0 Å². The lowest BCUT2D eigenvalue weighted by Gasteiger charge is -2.24. The van der Waals surface area contributed by atoms with Gasteiger partial charge in [0.25, 0.3) is 0 Å². The van der Waals surface area contributed by atoms with E-state index in [1.807, 2.05) is 0 Å². The van der Waals surface area contributed by atoms with Gasteiger partial charge in [-0.3, -0.25) is 4.79 Å². The molecule has 0 aliphatic heterocycles. The minimum Gasteiger partial charge on any atom is -0.359 e. The Kier molecular flexibility index (Phi) is 5.25. The molecule has 0 heterocycles. The van der Waals surface area contributed by atoms with E-state index in [0.717, 1.165) is 25.7 Å². The fraction of sp³-hybridized carbons (Fsp3) is 0.875. The number of halogens is 1. The lowest BCUT2D eigenvalue weighted by molar-refractivity contribution is -0.125. The predicted molar refractivity (Wildman–Crippen MR) is 51.2 cm³/mol. The Hall–Kier alpha value is -0.280. The topological polar surface area (TPSA) is 55.1 Å². The first-order valence-electron chi connectivity index (χ1n) is 4.21. The van der Waals surface area contributed by atoms with Crippen LogP contribution in [-0.4, -0.2) is 19.0 Å². The predicted octanol–water partition coefficient (Wildman–Crippen LogP) is 0.672. The third-order valence-electron chi connectivity index (χ3n) is 2.33. The molecule has 3 nitrogen and oxygen atoms in total. The van der Waals surface area contributed by atoms with Crippen molar-refractivity contribution >= 4 is 18.3 Å². The lowest BCUT2D eigenvalue weighted by Crippen LogP contribution is -2.36. The van der Waals surface area contributed by atoms with Crippen molar-refractivity contribution in [2.45, 2.75) is 31.7 Å². The van der Waals surface area contributed by atoms with Crippen LogP contribution in [0.1, 0.15) is 25.7 Å². The van der Waals surface area contributed by atoms with Gasteiger partial charge >= 0.3 is 0 Å². The molecule has 0 spiro atoms. The summed E-state index contributed by atoms with van der Waals surface area (Å²) in [6.07, 6.45) is 4.04. The largest absolute Gasteiger partial charge is 0.359 e. The molecule has 1 aliphatic rings. The van der Waals surface area contributed by atoms with Crippen molar-refractivity contribution in [3.05, 3.63) is 0 Å². The van der Waals surface area contributed by atoms with Crippen molar-refractivity contribution in [2.24, 2.45) is 11.7 Å². The van der Waals surface area contributed by atoms with Gasteiger partial charge in [0.2, 0.25) is 5.91 Å². The number of hydrogen-bond donors (Lipinski definition) is 2. The quantitative estimate of drug-likeness (QED) is 0.642. The van der Waals surface area contributed by atoms with Crippen molar-refractivity contribution in [2.75, 3.05) is 7.05 Å². The van der Waals surface area contributed by atoms with E-state index in [1.165, 1.54) is 0 Å². The summed E-state index contributed by atoms with van der Waals surface area (Å²) in [7, 11) is 1.68. The van der Waals surface area contributed by atoms with Gasteiger partial charge in [-0.2, -0.15) is 0 Å². The highest BCUT2D eigenvalue weighted by molar-refractivity contribution is 5.85. The molecule has 0 aromatic carbocycles. The number of nitrogens with two attached hydrogens (primary N) is 1. The van der Waals surface area contributed by atoms with Crippen LogP contribution in [0.4, 0.5) is 0 Å². The summed E-state index contributed by atoms with van der Waals surface area (Å²) in [5.41, 5.74) is 5.74. The number of nitrogens with one attached hydrogen (secondary N) is 1. The van der Waals surface area contributed by atoms with E-state index >= 15 is 0 Å². The SMILES string of the molecule is CNC(=O)[C@H]1CCC[C@H](N)C1.Cl. The van der Waals surface area contributed by atoms with E-state index in [1.54, 1.807) is 7.05 Å². The highest BCUT2D eigenvalue weighted by Gasteiger charge is 2.23. The number of carbonyl (C=O) groups excluding carboxylic acids is 1. The maximum absolute atomic E-state index is 11.1. The van der Waals surface area contributed by atoms with Crippen molar-refractivity contribution in [1.82, 2.24) is 5.32 Å². The summed E-state index contributed by atoms with van der Waals surface area (Å²) in [5.74, 6) is 0.323. The molecule has 2 atom stereocenters. The van der Waals surface area contributed by atoms with Gasteiger partial charge in [-0.15, -0.1) is 12.4 Å². The molecule has 1 fully saturated rings. The van der Waals surface area contributed by atoms with Crippen molar-refractivity contribution < 1.29 is 4.79 Å². The second-order valence-corrected chi connectivity index (χ2v) is 3.24. The van der Waals surface area contributed by atoms with Gasteiger partial charge in [-0.1, -0.05) is 6.42 Å². The minimum atomic E-state index is 0. The molecule has 0 unspecified atom stereocenters. The van der Waals surface area contributed by atoms with Crippen molar-refractivity contribution in [3.8, 4) is 0 Å². The van der Waals surface area contributed by atoms with Crippen LogP contribution in [0.25, 0.3) is 0 Å². The molecular formula is C8H17ClN2O. The molecule has 4 heteroatoms. The molecule has 1 saturated carbocycles. The molecule has 1 aliphatic carbocycles. The van der Waals surface area contributed by atoms with Gasteiger partial charge in [0, 0.05) is 19.0 Å². The Labute approximate surface area is 79.5 Å². The minimum absolute atomic E-state index is 0. The average Bonchev–Trinajstić information content (AvgIpc) is 2.03. The summed E-state index contributed by atoms with van der Waals surface area (Å²) < 4.78 is 0. The third-order valence-corrected chi connectivity index (χ3v) is 2.33. The molecule has 0 radical (unpaired) electrons. The molecule has 1 rings (SSSR count). The zero-order valence-electron chi connectivity index (χ0n) is 7.38. The van der Waals surface area contributed by atoms with Gasteiger partial charge in [0.1, 0.15) is 0 Å². The van der Waals surface area contributed by atoms with Gasteiger partial charge in [0.05, 0.1) is 0 Å². The van der Waals surface area contributed by atoms with Crippen LogP contribution in [0.15, 0.2) is 0 Å². The first-order chi connectivity index (χ1) is 5.24. The maximum Gasteiger partial charge on any atom is 0.222 e. The fourth-order valence-corrected chi connectivity index (χ4v) is 1.67. The Morgan fingerprint density at radius 3 is 2.67 bits per heavy atom. The second-order valence-electron chi connectivity index (χ2n) is 3.24. The monoisotopic (exact) mass is 192 g/mol. The van der Waals surface area contributed by atoms with Crippen LogP contribution >= 0.6 is 12.4 Å². The first kappa shape index (κ1) is 11.7. The van der Waals surface area contributed by atoms with E-state index < -0.39 is 0 Å². The summed E-state index contributed by atoms with van der Waals surface area (Å²) >= 11 is 0. The van der Waals surface area contributed by atoms with E-state index in [-0.39, 0.29) is 30.3 Å². The van der Waals surface area contributed by atoms with Crippen LogP contribution in [0.2, 0.25) is 0 Å². The van der Waals surface area contributed by atoms with Gasteiger partial charge in [0.15, 0.2) is 0 Å². The summed E-state index contributed by atoms with van der Waals surface area (Å²) in [6.45, 7) is 0. The fourth-order valence-electron chi connectivity index (χ4n) is 1.67. The molecule has 72 valence electrons. The van der Waals surface area contributed by atoms with E-state index in [9.17, 15) is 4.79 Å². The Bertz CT molecular complexity index is 152. The maximum atomic E-state index is 11.1. The number of hydrogen-bond acceptors (Lipinski definition) is 2. The molecule has 1 amide bonds. The summed E-state index contributed by atoms with van der Waals surface area (Å²) in [6, 6.07) is 0.242. The molecule has 12 heavy (non-hydrogen) atoms. The summed E-state index contributed by atoms with van der Waals surface area (Å²) in [5, 5.41) is 2.66. The highest BCUT2D eigenvalue weighted by Crippen LogP contribution is 2.22. The molecule has 0 bridgehead atoms. The summed E-state index contributed by atoms with van der Waals surface area (Å²) in [4.78, 5) is 11.1. The second kappa shape index (κ2) is 5.38. The van der Waals surface area contributed by atoms with Crippen molar-refractivity contribution in [1.29, 1.82) is 0 Å². The normalized spacial score (nSPS) is 28.8. The zero-order valence-corrected chi connectivity index (χ0v) is 8.19. The van der Waals surface area contributed by atoms with Crippen LogP contribution in [0, 0.1) is 5.92 Å². The Balaban J connectivity index is 0.00000121. The zero-order chi connectivity index (χ0) is 8.27. The number of carbonyl (C=O) groups is 1. The van der Waals surface area contributed by atoms with Crippen LogP contribution in [-0.2, 0) is 4.79 Å². The molecule has 0 aromatic heterocycles. The van der Waals surface area contributed by atoms with E-state index in [4.69, 9.17) is 5.73 Å². The molecule has 0 saturated heterocycles. The Morgan fingerprint density at radius 1 is 1.50 bits per heavy atom. The van der Waals surface area contributed by atoms with Crippen LogP contribution in [0.3, 0.4) is 0 Å². The standard InChI is InChI=1S/C8H16N2O.ClH/c1-10-8(11)6-3-2-4-7(9)5-6;/h6-7H,2-5,9H2,1H3,(H,10,11);1H/t6-,7-;/m0./s1. The smallest absolute Gasteiger partial charge is 0.222 e. The van der Waals surface area contributed by atoms with Crippen molar-refractivity contribution in [3.63, 3.8) is 0 Å². The molecule has 3 N–H and O–H groups in total. The molecule has 0 aromatic rings. The third kappa shape index (κ3) is 2.99. The number of amides is 1. The van der Waals surface area contributed by atoms with E-state index in [2.05, 4.69) is 5.32 Å². The Morgan fingerprint density at radius 2 is 2.17 bits per heavy atom. The number of rotatable bonds is 1.